The lowest BCUT2D eigenvalue weighted by atomic mass is 9.86. The molecule has 2 aliphatic rings. The lowest BCUT2D eigenvalue weighted by Crippen LogP contribution is -2.50. The van der Waals surface area contributed by atoms with Crippen LogP contribution >= 0.6 is 0 Å². The van der Waals surface area contributed by atoms with Crippen molar-refractivity contribution >= 4 is 23.5 Å². The summed E-state index contributed by atoms with van der Waals surface area (Å²) in [6.07, 6.45) is 6.86. The molecule has 1 N–H and O–H groups in total. The van der Waals surface area contributed by atoms with E-state index in [0.29, 0.717) is 49.8 Å². The fraction of sp³-hybridized carbons (Fsp3) is 0.591. The van der Waals surface area contributed by atoms with Gasteiger partial charge < -0.3 is 15.0 Å². The first-order valence-electron chi connectivity index (χ1n) is 10.5. The number of benzene rings is 1. The van der Waals surface area contributed by atoms with Crippen molar-refractivity contribution in [3.05, 3.63) is 29.8 Å². The van der Waals surface area contributed by atoms with E-state index in [1.165, 1.54) is 39.2 Å². The first kappa shape index (κ1) is 21.3. The molecule has 0 unspecified atom stereocenters. The molecule has 0 radical (unpaired) electrons. The number of methoxy groups -OCH3 is 1. The number of esters is 1. The number of ether oxygens (including phenoxy) is 1. The summed E-state index contributed by atoms with van der Waals surface area (Å²) in [6, 6.07) is 6.70. The van der Waals surface area contributed by atoms with E-state index in [9.17, 15) is 14.4 Å². The summed E-state index contributed by atoms with van der Waals surface area (Å²) in [5, 5.41) is 2.83. The molecule has 158 valence electrons. The number of anilines is 1. The summed E-state index contributed by atoms with van der Waals surface area (Å²) in [5.41, 5.74) is 0.967. The zero-order valence-corrected chi connectivity index (χ0v) is 17.2. The van der Waals surface area contributed by atoms with Crippen LogP contribution in [0, 0.1) is 5.92 Å². The maximum atomic E-state index is 12.5. The predicted molar refractivity (Wildman–Crippen MR) is 111 cm³/mol. The van der Waals surface area contributed by atoms with Gasteiger partial charge in [-0.25, -0.2) is 4.79 Å². The third kappa shape index (κ3) is 6.29. The summed E-state index contributed by atoms with van der Waals surface area (Å²) in [5.74, 6) is 0.255. The summed E-state index contributed by atoms with van der Waals surface area (Å²) in [4.78, 5) is 40.5. The first-order valence-corrected chi connectivity index (χ1v) is 10.5. The molecule has 7 heteroatoms. The van der Waals surface area contributed by atoms with Crippen LogP contribution in [0.2, 0.25) is 0 Å². The number of amides is 2. The van der Waals surface area contributed by atoms with E-state index in [1.807, 2.05) is 4.90 Å². The van der Waals surface area contributed by atoms with Crippen LogP contribution in [-0.2, 0) is 14.3 Å². The van der Waals surface area contributed by atoms with Gasteiger partial charge in [-0.2, -0.15) is 0 Å². The van der Waals surface area contributed by atoms with Crippen molar-refractivity contribution in [1.82, 2.24) is 9.80 Å². The maximum Gasteiger partial charge on any atom is 0.337 e. The number of nitrogens with one attached hydrogen (secondary N) is 1. The number of piperazine rings is 1. The van der Waals surface area contributed by atoms with Crippen molar-refractivity contribution < 1.29 is 19.1 Å². The molecule has 1 saturated carbocycles. The average molecular weight is 402 g/mol. The minimum Gasteiger partial charge on any atom is -0.465 e. The molecule has 2 fully saturated rings. The number of carbonyl (C=O) groups excluding carboxylic acids is 3. The highest BCUT2D eigenvalue weighted by Gasteiger charge is 2.25. The smallest absolute Gasteiger partial charge is 0.337 e. The van der Waals surface area contributed by atoms with E-state index in [2.05, 4.69) is 10.2 Å². The Bertz CT molecular complexity index is 723. The van der Waals surface area contributed by atoms with Crippen LogP contribution in [0.3, 0.4) is 0 Å². The molecule has 1 aromatic rings. The lowest BCUT2D eigenvalue weighted by molar-refractivity contribution is -0.134. The molecule has 0 atom stereocenters. The molecule has 7 nitrogen and oxygen atoms in total. The first-order chi connectivity index (χ1) is 14.0. The van der Waals surface area contributed by atoms with E-state index >= 15 is 0 Å². The van der Waals surface area contributed by atoms with Gasteiger partial charge in [0.25, 0.3) is 0 Å². The molecular weight excluding hydrogens is 370 g/mol. The fourth-order valence-electron chi connectivity index (χ4n) is 4.17. The van der Waals surface area contributed by atoms with Gasteiger partial charge in [-0.1, -0.05) is 25.3 Å². The van der Waals surface area contributed by atoms with Crippen molar-refractivity contribution in [1.29, 1.82) is 0 Å². The Balaban J connectivity index is 1.41. The minimum atomic E-state index is -0.435. The Morgan fingerprint density at radius 3 is 2.48 bits per heavy atom. The van der Waals surface area contributed by atoms with Crippen LogP contribution in [0.15, 0.2) is 24.3 Å². The molecule has 0 aromatic heterocycles. The van der Waals surface area contributed by atoms with Crippen LogP contribution < -0.4 is 5.32 Å². The molecule has 0 bridgehead atoms. The second-order valence-corrected chi connectivity index (χ2v) is 7.99. The van der Waals surface area contributed by atoms with Crippen molar-refractivity contribution in [2.45, 2.75) is 38.5 Å². The van der Waals surface area contributed by atoms with Crippen molar-refractivity contribution in [3.63, 3.8) is 0 Å². The molecule has 2 amide bonds. The van der Waals surface area contributed by atoms with E-state index < -0.39 is 5.97 Å². The van der Waals surface area contributed by atoms with Gasteiger partial charge >= 0.3 is 5.97 Å². The van der Waals surface area contributed by atoms with E-state index in [1.54, 1.807) is 24.3 Å². The van der Waals surface area contributed by atoms with Crippen LogP contribution in [0.5, 0.6) is 0 Å². The van der Waals surface area contributed by atoms with Crippen LogP contribution in [-0.4, -0.2) is 67.4 Å². The third-order valence-electron chi connectivity index (χ3n) is 5.85. The van der Waals surface area contributed by atoms with Gasteiger partial charge in [0.15, 0.2) is 0 Å². The lowest BCUT2D eigenvalue weighted by Gasteiger charge is -2.35. The highest BCUT2D eigenvalue weighted by Crippen LogP contribution is 2.27. The molecule has 1 aliphatic carbocycles. The molecule has 3 rings (SSSR count). The van der Waals surface area contributed by atoms with Crippen LogP contribution in [0.4, 0.5) is 5.69 Å². The number of hydrogen-bond acceptors (Lipinski definition) is 5. The van der Waals surface area contributed by atoms with Gasteiger partial charge in [-0.3, -0.25) is 14.5 Å². The van der Waals surface area contributed by atoms with Crippen molar-refractivity contribution in [2.75, 3.05) is 45.2 Å². The van der Waals surface area contributed by atoms with Gasteiger partial charge in [0.2, 0.25) is 11.8 Å². The Kier molecular flexibility index (Phi) is 7.63. The zero-order chi connectivity index (χ0) is 20.6. The average Bonchev–Trinajstić information content (AvgIpc) is 2.74. The molecule has 1 aliphatic heterocycles. The summed E-state index contributed by atoms with van der Waals surface area (Å²) in [6.45, 7) is 3.03. The van der Waals surface area contributed by atoms with Crippen LogP contribution in [0.25, 0.3) is 0 Å². The normalized spacial score (nSPS) is 18.3. The second kappa shape index (κ2) is 10.4. The number of rotatable bonds is 6. The van der Waals surface area contributed by atoms with Gasteiger partial charge in [-0.05, 0) is 37.0 Å². The standard InChI is InChI=1S/C22H31N3O4/c1-29-22(28)18-8-5-9-19(15-18)23-20(26)16-24-10-12-25(13-11-24)21(27)14-17-6-3-2-4-7-17/h5,8-9,15,17H,2-4,6-7,10-14,16H2,1H3,(H,23,26). The Morgan fingerprint density at radius 1 is 1.07 bits per heavy atom. The topological polar surface area (TPSA) is 79.0 Å². The van der Waals surface area contributed by atoms with E-state index in [-0.39, 0.29) is 18.4 Å². The van der Waals surface area contributed by atoms with Crippen molar-refractivity contribution in [2.24, 2.45) is 5.92 Å². The summed E-state index contributed by atoms with van der Waals surface area (Å²) >= 11 is 0. The molecule has 0 spiro atoms. The maximum absolute atomic E-state index is 12.5. The number of hydrogen-bond donors (Lipinski definition) is 1. The Hall–Kier alpha value is -2.41. The van der Waals surface area contributed by atoms with E-state index in [4.69, 9.17) is 4.74 Å². The summed E-state index contributed by atoms with van der Waals surface area (Å²) in [7, 11) is 1.33. The summed E-state index contributed by atoms with van der Waals surface area (Å²) < 4.78 is 4.70. The predicted octanol–water partition coefficient (Wildman–Crippen LogP) is 2.53. The molecule has 1 aromatic carbocycles. The van der Waals surface area contributed by atoms with Crippen LogP contribution in [0.1, 0.15) is 48.9 Å². The quantitative estimate of drug-likeness (QED) is 0.741. The monoisotopic (exact) mass is 401 g/mol. The fourth-order valence-corrected chi connectivity index (χ4v) is 4.17. The van der Waals surface area contributed by atoms with Gasteiger partial charge in [-0.15, -0.1) is 0 Å². The molecule has 29 heavy (non-hydrogen) atoms. The largest absolute Gasteiger partial charge is 0.465 e. The van der Waals surface area contributed by atoms with Gasteiger partial charge in [0.1, 0.15) is 0 Å². The second-order valence-electron chi connectivity index (χ2n) is 7.99. The minimum absolute atomic E-state index is 0.131. The SMILES string of the molecule is COC(=O)c1cccc(NC(=O)CN2CCN(C(=O)CC3CCCCC3)CC2)c1. The zero-order valence-electron chi connectivity index (χ0n) is 17.2. The molecular formula is C22H31N3O4. The van der Waals surface area contributed by atoms with E-state index in [0.717, 1.165) is 0 Å². The number of nitrogens with zero attached hydrogens (tertiary/aromatic N) is 2. The number of carbonyl (C=O) groups is 3. The highest BCUT2D eigenvalue weighted by atomic mass is 16.5. The molecule has 1 heterocycles. The highest BCUT2D eigenvalue weighted by molar-refractivity contribution is 5.95. The van der Waals surface area contributed by atoms with Gasteiger partial charge in [0.05, 0.1) is 19.2 Å². The van der Waals surface area contributed by atoms with Gasteiger partial charge in [0, 0.05) is 38.3 Å². The Labute approximate surface area is 172 Å². The third-order valence-corrected chi connectivity index (χ3v) is 5.85. The molecule has 1 saturated heterocycles. The Morgan fingerprint density at radius 2 is 1.79 bits per heavy atom. The van der Waals surface area contributed by atoms with Crippen molar-refractivity contribution in [3.8, 4) is 0 Å².